The molecule has 21 heavy (non-hydrogen) atoms. The van der Waals surface area contributed by atoms with Crippen molar-refractivity contribution in [3.8, 4) is 0 Å². The Kier molecular flexibility index (Phi) is 5.71. The Hall–Kier alpha value is -1.45. The maximum atomic E-state index is 12.1. The lowest BCUT2D eigenvalue weighted by molar-refractivity contribution is 0.0968. The summed E-state index contributed by atoms with van der Waals surface area (Å²) in [4.78, 5) is 14.3. The molecule has 0 N–H and O–H groups in total. The first kappa shape index (κ1) is 15.9. The van der Waals surface area contributed by atoms with Crippen LogP contribution in [0.2, 0.25) is 0 Å². The van der Waals surface area contributed by atoms with E-state index >= 15 is 0 Å². The Morgan fingerprint density at radius 1 is 1.05 bits per heavy atom. The van der Waals surface area contributed by atoms with E-state index in [-0.39, 0.29) is 5.78 Å². The number of hydrogen-bond acceptors (Lipinski definition) is 2. The standard InChI is InChI=1S/C18H20BrNO/c1-14-3-7-16(8-4-14)18(21)11-12-20(2)13-15-5-9-17(19)10-6-15/h3-10H,11-13H2,1-2H3. The summed E-state index contributed by atoms with van der Waals surface area (Å²) >= 11 is 3.43. The predicted octanol–water partition coefficient (Wildman–Crippen LogP) is 4.46. The average molecular weight is 346 g/mol. The molecule has 2 nitrogen and oxygen atoms in total. The van der Waals surface area contributed by atoms with Gasteiger partial charge in [0.25, 0.3) is 0 Å². The van der Waals surface area contributed by atoms with Crippen LogP contribution in [0, 0.1) is 6.92 Å². The Morgan fingerprint density at radius 3 is 2.29 bits per heavy atom. The molecular weight excluding hydrogens is 326 g/mol. The van der Waals surface area contributed by atoms with Gasteiger partial charge in [-0.15, -0.1) is 0 Å². The van der Waals surface area contributed by atoms with Crippen molar-refractivity contribution in [1.29, 1.82) is 0 Å². The van der Waals surface area contributed by atoms with Gasteiger partial charge in [-0.3, -0.25) is 4.79 Å². The van der Waals surface area contributed by atoms with Gasteiger partial charge in [0.05, 0.1) is 0 Å². The van der Waals surface area contributed by atoms with E-state index < -0.39 is 0 Å². The molecule has 0 aliphatic carbocycles. The van der Waals surface area contributed by atoms with Crippen LogP contribution < -0.4 is 0 Å². The van der Waals surface area contributed by atoms with E-state index in [0.29, 0.717) is 6.42 Å². The first-order valence-corrected chi connectivity index (χ1v) is 7.87. The van der Waals surface area contributed by atoms with Crippen molar-refractivity contribution in [3.05, 3.63) is 69.7 Å². The molecule has 0 aliphatic rings. The largest absolute Gasteiger partial charge is 0.302 e. The maximum Gasteiger partial charge on any atom is 0.164 e. The summed E-state index contributed by atoms with van der Waals surface area (Å²) in [5, 5.41) is 0. The molecule has 0 saturated carbocycles. The van der Waals surface area contributed by atoms with Gasteiger partial charge in [0.2, 0.25) is 0 Å². The van der Waals surface area contributed by atoms with Crippen molar-refractivity contribution < 1.29 is 4.79 Å². The molecule has 0 spiro atoms. The number of nitrogens with zero attached hydrogens (tertiary/aromatic N) is 1. The number of carbonyl (C=O) groups excluding carboxylic acids is 1. The number of benzene rings is 2. The summed E-state index contributed by atoms with van der Waals surface area (Å²) in [6.45, 7) is 3.65. The van der Waals surface area contributed by atoms with E-state index in [1.807, 2.05) is 50.4 Å². The third kappa shape index (κ3) is 5.10. The molecule has 0 heterocycles. The number of ketones is 1. The van der Waals surface area contributed by atoms with Crippen molar-refractivity contribution in [3.63, 3.8) is 0 Å². The number of halogens is 1. The van der Waals surface area contributed by atoms with E-state index in [1.165, 1.54) is 11.1 Å². The van der Waals surface area contributed by atoms with Crippen molar-refractivity contribution in [2.24, 2.45) is 0 Å². The highest BCUT2D eigenvalue weighted by Crippen LogP contribution is 2.12. The van der Waals surface area contributed by atoms with Crippen molar-refractivity contribution in [1.82, 2.24) is 4.90 Å². The third-order valence-electron chi connectivity index (χ3n) is 3.46. The molecule has 110 valence electrons. The molecule has 0 aliphatic heterocycles. The van der Waals surface area contributed by atoms with Crippen LogP contribution >= 0.6 is 15.9 Å². The SMILES string of the molecule is Cc1ccc(C(=O)CCN(C)Cc2ccc(Br)cc2)cc1. The molecule has 0 fully saturated rings. The van der Waals surface area contributed by atoms with Gasteiger partial charge >= 0.3 is 0 Å². The first-order valence-electron chi connectivity index (χ1n) is 7.07. The van der Waals surface area contributed by atoms with Gasteiger partial charge in [-0.2, -0.15) is 0 Å². The summed E-state index contributed by atoms with van der Waals surface area (Å²) in [5.74, 6) is 0.206. The molecule has 0 atom stereocenters. The predicted molar refractivity (Wildman–Crippen MR) is 90.6 cm³/mol. The highest BCUT2D eigenvalue weighted by Gasteiger charge is 2.07. The minimum atomic E-state index is 0.206. The van der Waals surface area contributed by atoms with Crippen LogP contribution in [-0.4, -0.2) is 24.3 Å². The number of Topliss-reactive ketones (excluding diaryl/α,β-unsaturated/α-hetero) is 1. The van der Waals surface area contributed by atoms with Gasteiger partial charge in [0.1, 0.15) is 0 Å². The number of rotatable bonds is 6. The Labute approximate surface area is 134 Å². The zero-order chi connectivity index (χ0) is 15.2. The molecule has 0 radical (unpaired) electrons. The summed E-state index contributed by atoms with van der Waals surface area (Å²) in [7, 11) is 2.05. The topological polar surface area (TPSA) is 20.3 Å². The molecule has 2 aromatic carbocycles. The fourth-order valence-electron chi connectivity index (χ4n) is 2.16. The Balaban J connectivity index is 1.83. The van der Waals surface area contributed by atoms with Gasteiger partial charge in [0, 0.05) is 29.5 Å². The van der Waals surface area contributed by atoms with Crippen LogP contribution in [0.1, 0.15) is 27.9 Å². The Morgan fingerprint density at radius 2 is 1.67 bits per heavy atom. The fourth-order valence-corrected chi connectivity index (χ4v) is 2.42. The monoisotopic (exact) mass is 345 g/mol. The van der Waals surface area contributed by atoms with Crippen LogP contribution in [0.25, 0.3) is 0 Å². The number of aryl methyl sites for hydroxylation is 1. The van der Waals surface area contributed by atoms with Crippen LogP contribution in [0.3, 0.4) is 0 Å². The zero-order valence-electron chi connectivity index (χ0n) is 12.5. The third-order valence-corrected chi connectivity index (χ3v) is 3.99. The zero-order valence-corrected chi connectivity index (χ0v) is 14.1. The summed E-state index contributed by atoms with van der Waals surface area (Å²) < 4.78 is 1.09. The van der Waals surface area contributed by atoms with E-state index in [4.69, 9.17) is 0 Å². The molecule has 2 aromatic rings. The summed E-state index contributed by atoms with van der Waals surface area (Å²) in [5.41, 5.74) is 3.24. The lowest BCUT2D eigenvalue weighted by Crippen LogP contribution is -2.21. The van der Waals surface area contributed by atoms with Crippen LogP contribution in [0.5, 0.6) is 0 Å². The van der Waals surface area contributed by atoms with E-state index in [0.717, 1.165) is 23.1 Å². The van der Waals surface area contributed by atoms with Gasteiger partial charge in [0.15, 0.2) is 5.78 Å². The van der Waals surface area contributed by atoms with Crippen LogP contribution in [-0.2, 0) is 6.54 Å². The highest BCUT2D eigenvalue weighted by molar-refractivity contribution is 9.10. The summed E-state index contributed by atoms with van der Waals surface area (Å²) in [6.07, 6.45) is 0.552. The number of hydrogen-bond donors (Lipinski definition) is 0. The molecule has 0 unspecified atom stereocenters. The minimum absolute atomic E-state index is 0.206. The molecule has 0 saturated heterocycles. The summed E-state index contributed by atoms with van der Waals surface area (Å²) in [6, 6.07) is 16.1. The van der Waals surface area contributed by atoms with Crippen molar-refractivity contribution in [2.45, 2.75) is 19.9 Å². The van der Waals surface area contributed by atoms with Crippen LogP contribution in [0.15, 0.2) is 53.0 Å². The minimum Gasteiger partial charge on any atom is -0.302 e. The maximum absolute atomic E-state index is 12.1. The van der Waals surface area contributed by atoms with Crippen molar-refractivity contribution in [2.75, 3.05) is 13.6 Å². The lowest BCUT2D eigenvalue weighted by atomic mass is 10.1. The second-order valence-electron chi connectivity index (χ2n) is 5.40. The van der Waals surface area contributed by atoms with Gasteiger partial charge in [-0.05, 0) is 31.7 Å². The fraction of sp³-hybridized carbons (Fsp3) is 0.278. The van der Waals surface area contributed by atoms with E-state index in [1.54, 1.807) is 0 Å². The van der Waals surface area contributed by atoms with Gasteiger partial charge in [-0.1, -0.05) is 57.9 Å². The van der Waals surface area contributed by atoms with E-state index in [9.17, 15) is 4.79 Å². The Bertz CT molecular complexity index is 590. The normalized spacial score (nSPS) is 10.9. The van der Waals surface area contributed by atoms with Gasteiger partial charge < -0.3 is 4.90 Å². The lowest BCUT2D eigenvalue weighted by Gasteiger charge is -2.16. The van der Waals surface area contributed by atoms with Crippen molar-refractivity contribution >= 4 is 21.7 Å². The number of carbonyl (C=O) groups is 1. The van der Waals surface area contributed by atoms with E-state index in [2.05, 4.69) is 33.0 Å². The first-order chi connectivity index (χ1) is 10.0. The molecular formula is C18H20BrNO. The van der Waals surface area contributed by atoms with Gasteiger partial charge in [-0.25, -0.2) is 0 Å². The quantitative estimate of drug-likeness (QED) is 0.720. The molecule has 2 rings (SSSR count). The second-order valence-corrected chi connectivity index (χ2v) is 6.32. The smallest absolute Gasteiger partial charge is 0.164 e. The average Bonchev–Trinajstić information content (AvgIpc) is 2.48. The highest BCUT2D eigenvalue weighted by atomic mass is 79.9. The molecule has 3 heteroatoms. The van der Waals surface area contributed by atoms with Crippen LogP contribution in [0.4, 0.5) is 0 Å². The molecule has 0 amide bonds. The molecule has 0 bridgehead atoms. The second kappa shape index (κ2) is 7.53. The molecule has 0 aromatic heterocycles.